The second-order valence-corrected chi connectivity index (χ2v) is 2.50. The van der Waals surface area contributed by atoms with Gasteiger partial charge in [-0.2, -0.15) is 0 Å². The molecule has 0 radical (unpaired) electrons. The van der Waals surface area contributed by atoms with Crippen LogP contribution in [0.2, 0.25) is 0 Å². The van der Waals surface area contributed by atoms with E-state index in [-0.39, 0.29) is 0 Å². The molecule has 0 aromatic heterocycles. The summed E-state index contributed by atoms with van der Waals surface area (Å²) >= 11 is 0. The first-order chi connectivity index (χ1) is 3.81. The molecule has 0 aliphatic rings. The van der Waals surface area contributed by atoms with Crippen LogP contribution in [0.5, 0.6) is 0 Å². The molecule has 0 amide bonds. The van der Waals surface area contributed by atoms with E-state index in [1.165, 1.54) is 0 Å². The molecule has 1 unspecified atom stereocenters. The van der Waals surface area contributed by atoms with Gasteiger partial charge in [-0.05, 0) is 6.42 Å². The Bertz CT molecular complexity index is 53.3. The van der Waals surface area contributed by atoms with Gasteiger partial charge in [-0.1, -0.05) is 6.92 Å². The van der Waals surface area contributed by atoms with E-state index in [2.05, 4.69) is 4.52 Å². The Labute approximate surface area is 51.1 Å². The van der Waals surface area contributed by atoms with Crippen molar-refractivity contribution >= 4 is 8.53 Å². The summed E-state index contributed by atoms with van der Waals surface area (Å²) in [5.74, 6) is 0. The maximum Gasteiger partial charge on any atom is 0.252 e. The van der Waals surface area contributed by atoms with Crippen molar-refractivity contribution in [3.05, 3.63) is 0 Å². The normalized spacial score (nSPS) is 13.9. The quantitative estimate of drug-likeness (QED) is 0.593. The fourth-order valence-corrected chi connectivity index (χ4v) is 0.702. The Balaban J connectivity index is 2.86. The van der Waals surface area contributed by atoms with E-state index in [4.69, 9.17) is 10.0 Å². The van der Waals surface area contributed by atoms with E-state index >= 15 is 0 Å². The lowest BCUT2D eigenvalue weighted by Crippen LogP contribution is -1.96. The van der Waals surface area contributed by atoms with Crippen molar-refractivity contribution < 1.29 is 9.05 Å². The highest BCUT2D eigenvalue weighted by Crippen LogP contribution is 2.25. The average Bonchev–Trinajstić information content (AvgIpc) is 1.83. The fourth-order valence-electron chi connectivity index (χ4n) is 0.234. The van der Waals surface area contributed by atoms with E-state index in [1.54, 1.807) is 7.11 Å². The second kappa shape index (κ2) is 5.45. The molecule has 3 nitrogen and oxygen atoms in total. The first-order valence-corrected chi connectivity index (χ1v) is 3.77. The minimum absolute atomic E-state index is 0.691. The van der Waals surface area contributed by atoms with Gasteiger partial charge in [-0.3, -0.25) is 5.50 Å². The Kier molecular flexibility index (Phi) is 5.66. The van der Waals surface area contributed by atoms with Crippen LogP contribution in [0, 0.1) is 0 Å². The highest BCUT2D eigenvalue weighted by atomic mass is 31.2. The average molecular weight is 137 g/mol. The molecule has 0 aliphatic carbocycles. The van der Waals surface area contributed by atoms with E-state index in [0.29, 0.717) is 6.61 Å². The lowest BCUT2D eigenvalue weighted by atomic mass is 10.5. The van der Waals surface area contributed by atoms with Crippen LogP contribution in [0.25, 0.3) is 0 Å². The third kappa shape index (κ3) is 4.47. The summed E-state index contributed by atoms with van der Waals surface area (Å²) in [7, 11) is 0.459. The summed E-state index contributed by atoms with van der Waals surface area (Å²) in [6.07, 6.45) is 0.986. The summed E-state index contributed by atoms with van der Waals surface area (Å²) in [4.78, 5) is 0. The van der Waals surface area contributed by atoms with Crippen molar-refractivity contribution in [1.82, 2.24) is 0 Å². The lowest BCUT2D eigenvalue weighted by molar-refractivity contribution is 0.284. The zero-order valence-corrected chi connectivity index (χ0v) is 6.15. The minimum Gasteiger partial charge on any atom is -0.326 e. The van der Waals surface area contributed by atoms with Gasteiger partial charge in [0.25, 0.3) is 8.53 Å². The highest BCUT2D eigenvalue weighted by molar-refractivity contribution is 7.44. The Morgan fingerprint density at radius 3 is 2.62 bits per heavy atom. The van der Waals surface area contributed by atoms with E-state index in [0.717, 1.165) is 6.42 Å². The van der Waals surface area contributed by atoms with Crippen LogP contribution < -0.4 is 5.50 Å². The van der Waals surface area contributed by atoms with Crippen molar-refractivity contribution in [2.24, 2.45) is 5.50 Å². The second-order valence-electron chi connectivity index (χ2n) is 1.30. The summed E-state index contributed by atoms with van der Waals surface area (Å²) in [5.41, 5.74) is 5.28. The summed E-state index contributed by atoms with van der Waals surface area (Å²) in [6.45, 7) is 2.72. The number of hydrogen-bond acceptors (Lipinski definition) is 3. The van der Waals surface area contributed by atoms with Crippen molar-refractivity contribution in [1.29, 1.82) is 0 Å². The third-order valence-electron chi connectivity index (χ3n) is 0.603. The molecule has 8 heavy (non-hydrogen) atoms. The van der Waals surface area contributed by atoms with Gasteiger partial charge in [0.1, 0.15) is 0 Å². The molecule has 0 heterocycles. The largest absolute Gasteiger partial charge is 0.326 e. The molecular formula is C4H12NO2P. The van der Waals surface area contributed by atoms with Gasteiger partial charge in [0.15, 0.2) is 0 Å². The van der Waals surface area contributed by atoms with Gasteiger partial charge in [-0.15, -0.1) is 0 Å². The molecule has 0 aliphatic heterocycles. The molecule has 0 saturated carbocycles. The van der Waals surface area contributed by atoms with Crippen LogP contribution in [0.3, 0.4) is 0 Å². The SMILES string of the molecule is CCCOP(N)OC. The number of rotatable bonds is 4. The first-order valence-electron chi connectivity index (χ1n) is 2.53. The molecule has 0 aromatic rings. The molecule has 50 valence electrons. The maximum absolute atomic E-state index is 5.28. The van der Waals surface area contributed by atoms with Crippen LogP contribution in [0.1, 0.15) is 13.3 Å². The topological polar surface area (TPSA) is 44.5 Å². The zero-order valence-electron chi connectivity index (χ0n) is 5.26. The molecule has 2 N–H and O–H groups in total. The van der Waals surface area contributed by atoms with Gasteiger partial charge >= 0.3 is 0 Å². The molecule has 0 spiro atoms. The Hall–Kier alpha value is 0.310. The molecular weight excluding hydrogens is 125 g/mol. The molecule has 0 rings (SSSR count). The Morgan fingerprint density at radius 1 is 1.62 bits per heavy atom. The van der Waals surface area contributed by atoms with Gasteiger partial charge in [0.05, 0.1) is 6.61 Å². The van der Waals surface area contributed by atoms with Gasteiger partial charge in [0.2, 0.25) is 0 Å². The molecule has 0 bridgehead atoms. The molecule has 0 saturated heterocycles. The van der Waals surface area contributed by atoms with Crippen molar-refractivity contribution in [2.75, 3.05) is 13.7 Å². The zero-order chi connectivity index (χ0) is 6.41. The van der Waals surface area contributed by atoms with Crippen molar-refractivity contribution in [2.45, 2.75) is 13.3 Å². The first kappa shape index (κ1) is 8.31. The smallest absolute Gasteiger partial charge is 0.252 e. The fraction of sp³-hybridized carbons (Fsp3) is 1.00. The number of hydrogen-bond donors (Lipinski definition) is 1. The standard InChI is InChI=1S/C4H12NO2P/c1-3-4-7-8(5)6-2/h3-5H2,1-2H3. The summed E-state index contributed by atoms with van der Waals surface area (Å²) < 4.78 is 9.63. The van der Waals surface area contributed by atoms with Gasteiger partial charge in [-0.25, -0.2) is 0 Å². The molecule has 4 heteroatoms. The van der Waals surface area contributed by atoms with Crippen LogP contribution in [0.4, 0.5) is 0 Å². The lowest BCUT2D eigenvalue weighted by Gasteiger charge is -2.06. The summed E-state index contributed by atoms with van der Waals surface area (Å²) in [5, 5.41) is 0. The molecule has 0 aromatic carbocycles. The minimum atomic E-state index is -1.08. The number of nitrogens with two attached hydrogens (primary N) is 1. The van der Waals surface area contributed by atoms with Crippen LogP contribution in [0.15, 0.2) is 0 Å². The van der Waals surface area contributed by atoms with Crippen molar-refractivity contribution in [3.8, 4) is 0 Å². The van der Waals surface area contributed by atoms with Crippen LogP contribution >= 0.6 is 8.53 Å². The predicted molar refractivity (Wildman–Crippen MR) is 34.4 cm³/mol. The van der Waals surface area contributed by atoms with E-state index < -0.39 is 8.53 Å². The van der Waals surface area contributed by atoms with Crippen LogP contribution in [-0.2, 0) is 9.05 Å². The molecule has 1 atom stereocenters. The van der Waals surface area contributed by atoms with Gasteiger partial charge in [0, 0.05) is 7.11 Å². The van der Waals surface area contributed by atoms with Crippen molar-refractivity contribution in [3.63, 3.8) is 0 Å². The third-order valence-corrected chi connectivity index (χ3v) is 1.40. The van der Waals surface area contributed by atoms with E-state index in [1.807, 2.05) is 6.92 Å². The monoisotopic (exact) mass is 137 g/mol. The molecule has 0 fully saturated rings. The summed E-state index contributed by atoms with van der Waals surface area (Å²) in [6, 6.07) is 0. The highest BCUT2D eigenvalue weighted by Gasteiger charge is 1.96. The van der Waals surface area contributed by atoms with Gasteiger partial charge < -0.3 is 9.05 Å². The van der Waals surface area contributed by atoms with E-state index in [9.17, 15) is 0 Å². The maximum atomic E-state index is 5.28. The Morgan fingerprint density at radius 2 is 2.25 bits per heavy atom. The predicted octanol–water partition coefficient (Wildman–Crippen LogP) is 1.24. The van der Waals surface area contributed by atoms with Crippen LogP contribution in [-0.4, -0.2) is 13.7 Å².